The van der Waals surface area contributed by atoms with Crippen LogP contribution in [0.5, 0.6) is 5.75 Å². The number of furan rings is 1. The zero-order chi connectivity index (χ0) is 21.0. The molecule has 1 aliphatic carbocycles. The molecule has 31 heavy (non-hydrogen) atoms. The molecule has 6 rings (SSSR count). The van der Waals surface area contributed by atoms with Crippen molar-refractivity contribution in [3.8, 4) is 5.75 Å². The summed E-state index contributed by atoms with van der Waals surface area (Å²) in [7, 11) is 0. The summed E-state index contributed by atoms with van der Waals surface area (Å²) >= 11 is 3.64. The molecule has 0 N–H and O–H groups in total. The van der Waals surface area contributed by atoms with Gasteiger partial charge < -0.3 is 9.15 Å². The third kappa shape index (κ3) is 3.21. The third-order valence-electron chi connectivity index (χ3n) is 7.02. The number of hydrogen-bond donors (Lipinski definition) is 0. The molecule has 1 saturated carbocycles. The number of ether oxygens (including phenoxy) is 1. The van der Waals surface area contributed by atoms with Gasteiger partial charge in [-0.2, -0.15) is 5.10 Å². The van der Waals surface area contributed by atoms with Gasteiger partial charge in [-0.1, -0.05) is 46.3 Å². The van der Waals surface area contributed by atoms with Gasteiger partial charge in [0.05, 0.1) is 6.04 Å². The van der Waals surface area contributed by atoms with E-state index in [9.17, 15) is 0 Å². The number of benzene rings is 2. The monoisotopic (exact) mass is 476 g/mol. The van der Waals surface area contributed by atoms with E-state index in [4.69, 9.17) is 14.3 Å². The Morgan fingerprint density at radius 2 is 1.84 bits per heavy atom. The van der Waals surface area contributed by atoms with Crippen LogP contribution in [-0.4, -0.2) is 16.4 Å². The molecule has 3 heterocycles. The average molecular weight is 477 g/mol. The van der Waals surface area contributed by atoms with Gasteiger partial charge in [0.15, 0.2) is 5.72 Å². The van der Waals surface area contributed by atoms with Crippen molar-refractivity contribution in [3.05, 3.63) is 87.8 Å². The van der Waals surface area contributed by atoms with Crippen LogP contribution >= 0.6 is 15.9 Å². The van der Waals surface area contributed by atoms with Gasteiger partial charge in [-0.05, 0) is 61.6 Å². The Kier molecular flexibility index (Phi) is 4.49. The summed E-state index contributed by atoms with van der Waals surface area (Å²) < 4.78 is 13.8. The summed E-state index contributed by atoms with van der Waals surface area (Å²) in [6, 6.07) is 21.5. The molecule has 0 unspecified atom stereocenters. The second-order valence-corrected chi connectivity index (χ2v) is 9.85. The predicted molar refractivity (Wildman–Crippen MR) is 124 cm³/mol. The lowest BCUT2D eigenvalue weighted by Crippen LogP contribution is -2.55. The van der Waals surface area contributed by atoms with Crippen LogP contribution in [0.15, 0.2) is 74.7 Å². The molecule has 0 saturated heterocycles. The summed E-state index contributed by atoms with van der Waals surface area (Å²) in [4.78, 5) is 0. The van der Waals surface area contributed by atoms with Gasteiger partial charge in [-0.3, -0.25) is 0 Å². The Bertz CT molecular complexity index is 1150. The highest BCUT2D eigenvalue weighted by Gasteiger charge is 2.52. The molecule has 1 aromatic heterocycles. The van der Waals surface area contributed by atoms with E-state index < -0.39 is 0 Å². The van der Waals surface area contributed by atoms with Crippen LogP contribution in [-0.2, 0) is 0 Å². The predicted octanol–water partition coefficient (Wildman–Crippen LogP) is 6.95. The average Bonchev–Trinajstić information content (AvgIpc) is 3.43. The van der Waals surface area contributed by atoms with Crippen LogP contribution in [0, 0.1) is 6.92 Å². The van der Waals surface area contributed by atoms with Crippen molar-refractivity contribution in [1.82, 2.24) is 5.01 Å². The summed E-state index contributed by atoms with van der Waals surface area (Å²) in [6.07, 6.45) is 4.97. The van der Waals surface area contributed by atoms with Crippen molar-refractivity contribution in [2.24, 2.45) is 5.10 Å². The van der Waals surface area contributed by atoms with Crippen molar-refractivity contribution >= 4 is 21.6 Å². The van der Waals surface area contributed by atoms with E-state index in [-0.39, 0.29) is 11.8 Å². The number of halogens is 1. The number of rotatable bonds is 2. The molecule has 5 heteroatoms. The number of aryl methyl sites for hydroxylation is 1. The van der Waals surface area contributed by atoms with Gasteiger partial charge in [-0.15, -0.1) is 0 Å². The first kappa shape index (κ1) is 19.2. The Morgan fingerprint density at radius 3 is 2.58 bits per heavy atom. The van der Waals surface area contributed by atoms with Crippen LogP contribution in [0.2, 0.25) is 0 Å². The second kappa shape index (κ2) is 7.27. The summed E-state index contributed by atoms with van der Waals surface area (Å²) in [6.45, 7) is 1.98. The first-order valence-corrected chi connectivity index (χ1v) is 11.9. The van der Waals surface area contributed by atoms with Crippen molar-refractivity contribution in [1.29, 1.82) is 0 Å². The maximum absolute atomic E-state index is 6.77. The zero-order valence-electron chi connectivity index (χ0n) is 17.6. The minimum Gasteiger partial charge on any atom is -0.466 e. The topological polar surface area (TPSA) is 38.0 Å². The Hall–Kier alpha value is -2.53. The van der Waals surface area contributed by atoms with Crippen molar-refractivity contribution in [3.63, 3.8) is 0 Å². The maximum Gasteiger partial charge on any atom is 0.198 e. The van der Waals surface area contributed by atoms with Crippen molar-refractivity contribution < 1.29 is 9.15 Å². The molecule has 158 valence electrons. The van der Waals surface area contributed by atoms with E-state index in [1.54, 1.807) is 0 Å². The lowest BCUT2D eigenvalue weighted by molar-refractivity contribution is -0.142. The van der Waals surface area contributed by atoms with E-state index in [1.165, 1.54) is 11.1 Å². The van der Waals surface area contributed by atoms with Crippen LogP contribution in [0.1, 0.15) is 66.7 Å². The first-order valence-electron chi connectivity index (χ1n) is 11.1. The summed E-state index contributed by atoms with van der Waals surface area (Å²) in [5.41, 5.74) is 3.26. The molecule has 1 spiro atoms. The van der Waals surface area contributed by atoms with E-state index >= 15 is 0 Å². The highest BCUT2D eigenvalue weighted by Crippen LogP contribution is 2.53. The van der Waals surface area contributed by atoms with Gasteiger partial charge in [0, 0.05) is 29.3 Å². The molecule has 0 amide bonds. The normalized spacial score (nSPS) is 26.9. The SMILES string of the molecule is Cc1ccc(C2=NN3[C@@H](C2)c2cc(Br)ccc2OC32CCC(c3ccccc3)CC2)o1. The molecule has 3 aromatic rings. The number of hydrazone groups is 1. The largest absolute Gasteiger partial charge is 0.466 e. The number of hydrogen-bond acceptors (Lipinski definition) is 4. The highest BCUT2D eigenvalue weighted by molar-refractivity contribution is 9.10. The van der Waals surface area contributed by atoms with E-state index in [2.05, 4.69) is 69.5 Å². The van der Waals surface area contributed by atoms with E-state index in [1.807, 2.05) is 19.1 Å². The lowest BCUT2D eigenvalue weighted by atomic mass is 9.78. The van der Waals surface area contributed by atoms with Crippen LogP contribution in [0.4, 0.5) is 0 Å². The summed E-state index contributed by atoms with van der Waals surface area (Å²) in [5.74, 6) is 3.37. The van der Waals surface area contributed by atoms with Gasteiger partial charge in [0.25, 0.3) is 0 Å². The molecule has 1 fully saturated rings. The maximum atomic E-state index is 6.77. The number of nitrogens with zero attached hydrogens (tertiary/aromatic N) is 2. The molecule has 0 radical (unpaired) electrons. The lowest BCUT2D eigenvalue weighted by Gasteiger charge is -2.50. The smallest absolute Gasteiger partial charge is 0.198 e. The molecule has 0 bridgehead atoms. The number of fused-ring (bicyclic) bond motifs is 4. The fraction of sp³-hybridized carbons (Fsp3) is 0.346. The first-order chi connectivity index (χ1) is 15.1. The highest BCUT2D eigenvalue weighted by atomic mass is 79.9. The minimum atomic E-state index is -0.389. The molecule has 2 aliphatic heterocycles. The fourth-order valence-electron chi connectivity index (χ4n) is 5.45. The van der Waals surface area contributed by atoms with Crippen molar-refractivity contribution in [2.45, 2.75) is 56.7 Å². The van der Waals surface area contributed by atoms with Crippen LogP contribution < -0.4 is 4.74 Å². The van der Waals surface area contributed by atoms with Crippen LogP contribution in [0.25, 0.3) is 0 Å². The molecule has 1 atom stereocenters. The second-order valence-electron chi connectivity index (χ2n) is 8.94. The molecular weight excluding hydrogens is 452 g/mol. The standard InChI is InChI=1S/C26H25BrN2O2/c1-17-7-9-25(30-17)22-16-23-21-15-20(27)8-10-24(21)31-26(29(23)28-22)13-11-19(12-14-26)18-5-3-2-4-6-18/h2-10,15,19,23H,11-14,16H2,1H3/t19?,23-,26?/m0/s1. The fourth-order valence-corrected chi connectivity index (χ4v) is 5.83. The zero-order valence-corrected chi connectivity index (χ0v) is 19.1. The minimum absolute atomic E-state index is 0.176. The van der Waals surface area contributed by atoms with Gasteiger partial charge in [-0.25, -0.2) is 5.01 Å². The molecule has 3 aliphatic rings. The van der Waals surface area contributed by atoms with Gasteiger partial charge >= 0.3 is 0 Å². The Balaban J connectivity index is 1.36. The molecule has 2 aromatic carbocycles. The molecule has 4 nitrogen and oxygen atoms in total. The Morgan fingerprint density at radius 1 is 1.03 bits per heavy atom. The Labute approximate surface area is 191 Å². The van der Waals surface area contributed by atoms with Crippen molar-refractivity contribution in [2.75, 3.05) is 0 Å². The van der Waals surface area contributed by atoms with E-state index in [0.29, 0.717) is 5.92 Å². The van der Waals surface area contributed by atoms with Crippen LogP contribution in [0.3, 0.4) is 0 Å². The van der Waals surface area contributed by atoms with E-state index in [0.717, 1.165) is 59.6 Å². The third-order valence-corrected chi connectivity index (χ3v) is 7.51. The quantitative estimate of drug-likeness (QED) is 0.401. The van der Waals surface area contributed by atoms with Gasteiger partial charge in [0.2, 0.25) is 0 Å². The van der Waals surface area contributed by atoms with Gasteiger partial charge in [0.1, 0.15) is 23.0 Å². The summed E-state index contributed by atoms with van der Waals surface area (Å²) in [5, 5.41) is 7.37. The molecular formula is C26H25BrN2O2.